The van der Waals surface area contributed by atoms with Crippen molar-refractivity contribution in [2.45, 2.75) is 0 Å². The zero-order valence-electron chi connectivity index (χ0n) is 5.21. The summed E-state index contributed by atoms with van der Waals surface area (Å²) >= 11 is 4.71. The molecule has 0 aromatic carbocycles. The van der Waals surface area contributed by atoms with Gasteiger partial charge in [-0.15, -0.1) is 0 Å². The van der Waals surface area contributed by atoms with Crippen molar-refractivity contribution >= 4 is 22.8 Å². The smallest absolute Gasteiger partial charge is 0.317 e. The van der Waals surface area contributed by atoms with E-state index in [1.807, 2.05) is 0 Å². The van der Waals surface area contributed by atoms with Gasteiger partial charge in [0.15, 0.2) is 0 Å². The fraction of sp³-hybridized carbons (Fsp3) is 0.200. The number of rotatable bonds is 2. The molecule has 58 valence electrons. The predicted molar refractivity (Wildman–Crippen MR) is 37.7 cm³/mol. The minimum Gasteiger partial charge on any atom is -0.480 e. The average Bonchev–Trinajstić information content (AvgIpc) is 1.89. The van der Waals surface area contributed by atoms with Crippen molar-refractivity contribution in [2.24, 2.45) is 5.73 Å². The molecule has 0 aliphatic rings. The van der Waals surface area contributed by atoms with Crippen molar-refractivity contribution in [3.63, 3.8) is 0 Å². The van der Waals surface area contributed by atoms with Gasteiger partial charge in [0.25, 0.3) is 0 Å². The second kappa shape index (κ2) is 8.13. The summed E-state index contributed by atoms with van der Waals surface area (Å²) in [5.41, 5.74) is 4.57. The summed E-state index contributed by atoms with van der Waals surface area (Å²) < 4.78 is 0. The van der Waals surface area contributed by atoms with Gasteiger partial charge in [-0.05, 0) is 17.7 Å². The highest BCUT2D eigenvalue weighted by Gasteiger charge is 1.81. The third kappa shape index (κ3) is 27.3. The summed E-state index contributed by atoms with van der Waals surface area (Å²) in [6.45, 7) is 2.80. The van der Waals surface area contributed by atoms with Gasteiger partial charge < -0.3 is 10.8 Å². The topological polar surface area (TPSA) is 80.4 Å². The molecule has 0 aromatic heterocycles. The van der Waals surface area contributed by atoms with Crippen molar-refractivity contribution in [3.05, 3.63) is 12.7 Å². The van der Waals surface area contributed by atoms with Crippen LogP contribution in [0.5, 0.6) is 0 Å². The van der Waals surface area contributed by atoms with Gasteiger partial charge in [-0.1, -0.05) is 6.58 Å². The highest BCUT2D eigenvalue weighted by Crippen LogP contribution is 1.74. The van der Waals surface area contributed by atoms with Crippen LogP contribution in [0.4, 0.5) is 0 Å². The maximum absolute atomic E-state index is 9.46. The SMILES string of the molecule is C=CC(=O)Cl.NCC(=O)O. The number of nitrogens with two attached hydrogens (primary N) is 1. The number of allylic oxidation sites excluding steroid dienone is 1. The van der Waals surface area contributed by atoms with E-state index in [1.54, 1.807) is 0 Å². The van der Waals surface area contributed by atoms with Crippen LogP contribution in [0.15, 0.2) is 12.7 Å². The minimum atomic E-state index is -0.968. The monoisotopic (exact) mass is 165 g/mol. The summed E-state index contributed by atoms with van der Waals surface area (Å²) in [4.78, 5) is 18.7. The first-order chi connectivity index (χ1) is 4.54. The van der Waals surface area contributed by atoms with E-state index in [9.17, 15) is 9.59 Å². The van der Waals surface area contributed by atoms with Gasteiger partial charge in [-0.25, -0.2) is 0 Å². The highest BCUT2D eigenvalue weighted by atomic mass is 35.5. The Morgan fingerprint density at radius 3 is 1.90 bits per heavy atom. The second-order valence-electron chi connectivity index (χ2n) is 1.11. The van der Waals surface area contributed by atoms with Crippen LogP contribution in [-0.4, -0.2) is 22.9 Å². The van der Waals surface area contributed by atoms with Crippen molar-refractivity contribution in [3.8, 4) is 0 Å². The van der Waals surface area contributed by atoms with E-state index >= 15 is 0 Å². The first-order valence-corrected chi connectivity index (χ1v) is 2.66. The van der Waals surface area contributed by atoms with Crippen molar-refractivity contribution < 1.29 is 14.7 Å². The molecule has 0 atom stereocenters. The molecule has 0 rings (SSSR count). The fourth-order valence-corrected chi connectivity index (χ4v) is 0. The molecule has 0 spiro atoms. The van der Waals surface area contributed by atoms with Crippen molar-refractivity contribution in [1.29, 1.82) is 0 Å². The number of hydrogen-bond acceptors (Lipinski definition) is 3. The van der Waals surface area contributed by atoms with Crippen LogP contribution in [0.25, 0.3) is 0 Å². The Hall–Kier alpha value is -0.870. The Kier molecular flexibility index (Phi) is 9.65. The zero-order valence-corrected chi connectivity index (χ0v) is 5.97. The molecule has 0 aromatic rings. The molecule has 0 radical (unpaired) electrons. The van der Waals surface area contributed by atoms with E-state index in [2.05, 4.69) is 12.3 Å². The van der Waals surface area contributed by atoms with E-state index in [4.69, 9.17) is 16.7 Å². The average molecular weight is 166 g/mol. The zero-order chi connectivity index (χ0) is 8.57. The van der Waals surface area contributed by atoms with Crippen LogP contribution in [0, 0.1) is 0 Å². The molecule has 0 aliphatic carbocycles. The standard InChI is InChI=1S/C3H3ClO.C2H5NO2/c1-2-3(4)5;3-1-2(4)5/h2H,1H2;1,3H2,(H,4,5). The number of hydrogen-bond donors (Lipinski definition) is 2. The maximum atomic E-state index is 9.46. The largest absolute Gasteiger partial charge is 0.480 e. The Bertz CT molecular complexity index is 135. The van der Waals surface area contributed by atoms with Crippen LogP contribution in [0.3, 0.4) is 0 Å². The Balaban J connectivity index is 0. The van der Waals surface area contributed by atoms with Gasteiger partial charge in [-0.3, -0.25) is 9.59 Å². The lowest BCUT2D eigenvalue weighted by Gasteiger charge is -1.73. The molecule has 3 N–H and O–H groups in total. The normalized spacial score (nSPS) is 7.00. The number of carbonyl (C=O) groups excluding carboxylic acids is 1. The second-order valence-corrected chi connectivity index (χ2v) is 1.48. The third-order valence-corrected chi connectivity index (χ3v) is 0.489. The van der Waals surface area contributed by atoms with Crippen LogP contribution in [0.1, 0.15) is 0 Å². The highest BCUT2D eigenvalue weighted by molar-refractivity contribution is 6.66. The van der Waals surface area contributed by atoms with E-state index in [0.717, 1.165) is 6.08 Å². The van der Waals surface area contributed by atoms with Crippen LogP contribution < -0.4 is 5.73 Å². The number of aliphatic carboxylic acids is 1. The number of halogens is 1. The lowest BCUT2D eigenvalue weighted by atomic mass is 10.7. The summed E-state index contributed by atoms with van der Waals surface area (Å²) in [5, 5.41) is 7.09. The van der Waals surface area contributed by atoms with Gasteiger partial charge in [0.1, 0.15) is 0 Å². The van der Waals surface area contributed by atoms with Crippen molar-refractivity contribution in [2.75, 3.05) is 6.54 Å². The molecule has 0 fully saturated rings. The van der Waals surface area contributed by atoms with Gasteiger partial charge in [-0.2, -0.15) is 0 Å². The first kappa shape index (κ1) is 11.9. The quantitative estimate of drug-likeness (QED) is 0.445. The number of carboxylic acids is 1. The van der Waals surface area contributed by atoms with Crippen molar-refractivity contribution in [1.82, 2.24) is 0 Å². The molecule has 10 heavy (non-hydrogen) atoms. The molecule has 0 unspecified atom stereocenters. The molecule has 0 bridgehead atoms. The van der Waals surface area contributed by atoms with Crippen LogP contribution >= 0.6 is 11.6 Å². The number of carbonyl (C=O) groups is 2. The number of carboxylic acid groups (broad SMARTS) is 1. The van der Waals surface area contributed by atoms with E-state index < -0.39 is 11.2 Å². The summed E-state index contributed by atoms with van der Waals surface area (Å²) in [7, 11) is 0. The Labute approximate surface area is 63.3 Å². The van der Waals surface area contributed by atoms with E-state index in [0.29, 0.717) is 0 Å². The van der Waals surface area contributed by atoms with Gasteiger partial charge in [0.2, 0.25) is 5.24 Å². The van der Waals surface area contributed by atoms with Crippen LogP contribution in [0.2, 0.25) is 0 Å². The first-order valence-electron chi connectivity index (χ1n) is 2.28. The van der Waals surface area contributed by atoms with Crippen LogP contribution in [-0.2, 0) is 9.59 Å². The predicted octanol–water partition coefficient (Wildman–Crippen LogP) is -0.0325. The molecule has 5 heteroatoms. The molecular weight excluding hydrogens is 158 g/mol. The summed E-state index contributed by atoms with van der Waals surface area (Å²) in [5.74, 6) is -0.968. The molecule has 0 heterocycles. The summed E-state index contributed by atoms with van der Waals surface area (Å²) in [6.07, 6.45) is 1.04. The minimum absolute atomic E-state index is 0.278. The van der Waals surface area contributed by atoms with E-state index in [-0.39, 0.29) is 6.54 Å². The van der Waals surface area contributed by atoms with Gasteiger partial charge in [0, 0.05) is 0 Å². The molecular formula is C5H8ClNO3. The summed E-state index contributed by atoms with van der Waals surface area (Å²) in [6, 6.07) is 0. The Morgan fingerprint density at radius 2 is 1.90 bits per heavy atom. The lowest BCUT2D eigenvalue weighted by Crippen LogP contribution is -2.10. The van der Waals surface area contributed by atoms with Gasteiger partial charge in [0.05, 0.1) is 6.54 Å². The molecule has 0 saturated carbocycles. The maximum Gasteiger partial charge on any atom is 0.317 e. The lowest BCUT2D eigenvalue weighted by molar-refractivity contribution is -0.135. The molecule has 0 aliphatic heterocycles. The Morgan fingerprint density at radius 1 is 1.70 bits per heavy atom. The molecule has 4 nitrogen and oxygen atoms in total. The van der Waals surface area contributed by atoms with E-state index in [1.165, 1.54) is 0 Å². The third-order valence-electron chi connectivity index (χ3n) is 0.335. The molecule has 0 amide bonds. The molecule has 0 saturated heterocycles. The fourth-order valence-electron chi connectivity index (χ4n) is 0. The van der Waals surface area contributed by atoms with Gasteiger partial charge >= 0.3 is 5.97 Å².